The SMILES string of the molecule is NC(=O)CCOc1ccccc1NC(=O)C1CC1C(=O)O. The summed E-state index contributed by atoms with van der Waals surface area (Å²) in [6, 6.07) is 6.75. The first-order valence-electron chi connectivity index (χ1n) is 6.53. The van der Waals surface area contributed by atoms with Gasteiger partial charge < -0.3 is 20.9 Å². The Morgan fingerprint density at radius 1 is 1.29 bits per heavy atom. The van der Waals surface area contributed by atoms with Gasteiger partial charge in [-0.05, 0) is 18.6 Å². The molecule has 1 aromatic carbocycles. The second kappa shape index (κ2) is 6.25. The zero-order valence-corrected chi connectivity index (χ0v) is 11.2. The van der Waals surface area contributed by atoms with E-state index < -0.39 is 23.7 Å². The van der Waals surface area contributed by atoms with E-state index in [0.29, 0.717) is 17.9 Å². The molecule has 2 amide bonds. The molecule has 0 spiro atoms. The Kier molecular flexibility index (Phi) is 4.42. The van der Waals surface area contributed by atoms with Crippen molar-refractivity contribution in [1.29, 1.82) is 0 Å². The molecule has 1 saturated carbocycles. The van der Waals surface area contributed by atoms with E-state index in [1.54, 1.807) is 24.3 Å². The van der Waals surface area contributed by atoms with Crippen LogP contribution in [0.4, 0.5) is 5.69 Å². The van der Waals surface area contributed by atoms with Crippen LogP contribution in [0, 0.1) is 11.8 Å². The van der Waals surface area contributed by atoms with E-state index in [1.165, 1.54) is 0 Å². The average molecular weight is 292 g/mol. The van der Waals surface area contributed by atoms with E-state index in [1.807, 2.05) is 0 Å². The molecule has 4 N–H and O–H groups in total. The number of anilines is 1. The lowest BCUT2D eigenvalue weighted by Gasteiger charge is -2.11. The molecule has 2 rings (SSSR count). The van der Waals surface area contributed by atoms with E-state index in [4.69, 9.17) is 15.6 Å². The van der Waals surface area contributed by atoms with Crippen molar-refractivity contribution in [3.05, 3.63) is 24.3 Å². The van der Waals surface area contributed by atoms with Gasteiger partial charge in [0.15, 0.2) is 0 Å². The Morgan fingerprint density at radius 2 is 2.00 bits per heavy atom. The number of ether oxygens (including phenoxy) is 1. The molecule has 0 bridgehead atoms. The van der Waals surface area contributed by atoms with Gasteiger partial charge in [0, 0.05) is 0 Å². The summed E-state index contributed by atoms with van der Waals surface area (Å²) in [6.45, 7) is 0.114. The first-order chi connectivity index (χ1) is 9.99. The summed E-state index contributed by atoms with van der Waals surface area (Å²) < 4.78 is 5.39. The predicted octanol–water partition coefficient (Wildman–Crippen LogP) is 0.600. The molecule has 2 atom stereocenters. The van der Waals surface area contributed by atoms with E-state index in [-0.39, 0.29) is 18.9 Å². The van der Waals surface area contributed by atoms with Gasteiger partial charge in [0.1, 0.15) is 5.75 Å². The summed E-state index contributed by atoms with van der Waals surface area (Å²) in [6.07, 6.45) is 0.428. The highest BCUT2D eigenvalue weighted by Gasteiger charge is 2.48. The van der Waals surface area contributed by atoms with Crippen LogP contribution >= 0.6 is 0 Å². The lowest BCUT2D eigenvalue weighted by molar-refractivity contribution is -0.139. The standard InChI is InChI=1S/C14H16N2O5/c15-12(17)5-6-21-11-4-2-1-3-10(11)16-13(18)8-7-9(8)14(19)20/h1-4,8-9H,5-7H2,(H2,15,17)(H,16,18)(H,19,20). The highest BCUT2D eigenvalue weighted by atomic mass is 16.5. The Morgan fingerprint density at radius 3 is 2.62 bits per heavy atom. The summed E-state index contributed by atoms with van der Waals surface area (Å²) in [4.78, 5) is 33.3. The summed E-state index contributed by atoms with van der Waals surface area (Å²) in [5, 5.41) is 11.5. The summed E-state index contributed by atoms with van der Waals surface area (Å²) in [7, 11) is 0. The van der Waals surface area contributed by atoms with Crippen LogP contribution in [0.25, 0.3) is 0 Å². The number of rotatable bonds is 7. The molecule has 21 heavy (non-hydrogen) atoms. The number of nitrogens with two attached hydrogens (primary N) is 1. The summed E-state index contributed by atoms with van der Waals surface area (Å²) >= 11 is 0. The predicted molar refractivity (Wildman–Crippen MR) is 73.6 cm³/mol. The Hall–Kier alpha value is -2.57. The van der Waals surface area contributed by atoms with Crippen molar-refractivity contribution < 1.29 is 24.2 Å². The van der Waals surface area contributed by atoms with Crippen LogP contribution in [0.5, 0.6) is 5.75 Å². The third kappa shape index (κ3) is 3.95. The molecule has 0 aliphatic heterocycles. The number of carboxylic acid groups (broad SMARTS) is 1. The number of amides is 2. The largest absolute Gasteiger partial charge is 0.491 e. The summed E-state index contributed by atoms with van der Waals surface area (Å²) in [5.41, 5.74) is 5.47. The molecule has 0 radical (unpaired) electrons. The van der Waals surface area contributed by atoms with Crippen molar-refractivity contribution in [2.75, 3.05) is 11.9 Å². The zero-order chi connectivity index (χ0) is 15.4. The molecule has 1 fully saturated rings. The van der Waals surface area contributed by atoms with Crippen molar-refractivity contribution in [2.24, 2.45) is 17.6 Å². The van der Waals surface area contributed by atoms with Gasteiger partial charge in [-0.3, -0.25) is 14.4 Å². The monoisotopic (exact) mass is 292 g/mol. The molecule has 0 aromatic heterocycles. The van der Waals surface area contributed by atoms with E-state index in [0.717, 1.165) is 0 Å². The molecular weight excluding hydrogens is 276 g/mol. The minimum absolute atomic E-state index is 0.0754. The van der Waals surface area contributed by atoms with Crippen LogP contribution in [-0.4, -0.2) is 29.5 Å². The van der Waals surface area contributed by atoms with Crippen molar-refractivity contribution in [1.82, 2.24) is 0 Å². The van der Waals surface area contributed by atoms with Crippen molar-refractivity contribution in [3.8, 4) is 5.75 Å². The number of aliphatic carboxylic acids is 1. The Labute approximate surface area is 121 Å². The van der Waals surface area contributed by atoms with E-state index >= 15 is 0 Å². The zero-order valence-electron chi connectivity index (χ0n) is 11.2. The number of carbonyl (C=O) groups is 3. The van der Waals surface area contributed by atoms with Gasteiger partial charge >= 0.3 is 5.97 Å². The second-order valence-corrected chi connectivity index (χ2v) is 4.84. The Bertz CT molecular complexity index is 572. The highest BCUT2D eigenvalue weighted by Crippen LogP contribution is 2.40. The normalized spacial score (nSPS) is 19.6. The molecule has 7 heteroatoms. The number of carboxylic acids is 1. The molecule has 1 aliphatic rings. The molecule has 0 saturated heterocycles. The van der Waals surface area contributed by atoms with Gasteiger partial charge in [0.2, 0.25) is 11.8 Å². The summed E-state index contributed by atoms with van der Waals surface area (Å²) in [5.74, 6) is -2.46. The van der Waals surface area contributed by atoms with Gasteiger partial charge in [0.25, 0.3) is 0 Å². The van der Waals surface area contributed by atoms with Crippen LogP contribution in [0.1, 0.15) is 12.8 Å². The van der Waals surface area contributed by atoms with Gasteiger partial charge in [-0.15, -0.1) is 0 Å². The van der Waals surface area contributed by atoms with Gasteiger partial charge in [-0.25, -0.2) is 0 Å². The number of para-hydroxylation sites is 2. The van der Waals surface area contributed by atoms with Crippen molar-refractivity contribution in [2.45, 2.75) is 12.8 Å². The van der Waals surface area contributed by atoms with Crippen LogP contribution < -0.4 is 15.8 Å². The van der Waals surface area contributed by atoms with E-state index in [2.05, 4.69) is 5.32 Å². The average Bonchev–Trinajstić information content (AvgIpc) is 3.20. The molecule has 2 unspecified atom stereocenters. The minimum atomic E-state index is -0.957. The highest BCUT2D eigenvalue weighted by molar-refractivity contribution is 5.99. The quantitative estimate of drug-likeness (QED) is 0.680. The molecule has 1 aliphatic carbocycles. The fraction of sp³-hybridized carbons (Fsp3) is 0.357. The topological polar surface area (TPSA) is 119 Å². The van der Waals surface area contributed by atoms with Gasteiger partial charge in [-0.1, -0.05) is 12.1 Å². The smallest absolute Gasteiger partial charge is 0.307 e. The first kappa shape index (κ1) is 14.8. The maximum Gasteiger partial charge on any atom is 0.307 e. The van der Waals surface area contributed by atoms with Crippen molar-refractivity contribution in [3.63, 3.8) is 0 Å². The van der Waals surface area contributed by atoms with Crippen LogP contribution in [0.15, 0.2) is 24.3 Å². The molecular formula is C14H16N2O5. The van der Waals surface area contributed by atoms with Crippen LogP contribution in [0.2, 0.25) is 0 Å². The van der Waals surface area contributed by atoms with Gasteiger partial charge in [-0.2, -0.15) is 0 Å². The minimum Gasteiger partial charge on any atom is -0.491 e. The lowest BCUT2D eigenvalue weighted by atomic mass is 10.2. The fourth-order valence-electron chi connectivity index (χ4n) is 1.94. The van der Waals surface area contributed by atoms with E-state index in [9.17, 15) is 14.4 Å². The first-order valence-corrected chi connectivity index (χ1v) is 6.53. The number of benzene rings is 1. The molecule has 1 aromatic rings. The molecule has 112 valence electrons. The number of carbonyl (C=O) groups excluding carboxylic acids is 2. The van der Waals surface area contributed by atoms with Crippen LogP contribution in [-0.2, 0) is 14.4 Å². The molecule has 0 heterocycles. The van der Waals surface area contributed by atoms with Gasteiger partial charge in [0.05, 0.1) is 30.6 Å². The molecule has 7 nitrogen and oxygen atoms in total. The van der Waals surface area contributed by atoms with Crippen molar-refractivity contribution >= 4 is 23.5 Å². The number of hydrogen-bond donors (Lipinski definition) is 3. The van der Waals surface area contributed by atoms with Crippen LogP contribution in [0.3, 0.4) is 0 Å². The number of nitrogens with one attached hydrogen (secondary N) is 1. The number of primary amides is 1. The Balaban J connectivity index is 1.95. The third-order valence-electron chi connectivity index (χ3n) is 3.20. The maximum absolute atomic E-state index is 11.9. The lowest BCUT2D eigenvalue weighted by Crippen LogP contribution is -2.18. The maximum atomic E-state index is 11.9. The fourth-order valence-corrected chi connectivity index (χ4v) is 1.94. The third-order valence-corrected chi connectivity index (χ3v) is 3.20. The second-order valence-electron chi connectivity index (χ2n) is 4.84. The number of hydrogen-bond acceptors (Lipinski definition) is 4.